The Morgan fingerprint density at radius 3 is 3.00 bits per heavy atom. The molecule has 112 valence electrons. The monoisotopic (exact) mass is 311 g/mol. The van der Waals surface area contributed by atoms with E-state index in [1.807, 2.05) is 12.1 Å². The molecule has 2 aliphatic rings. The number of amidine groups is 1. The molecule has 0 saturated carbocycles. The standard InChI is InChI=1S/C17H17N3OS/c1-3-12-6-7-14(9-13(12)4-1)16-11-22-17(20-19-16)18-10-15-5-2-8-21-15/h2,5-9H,1,3-4,10-11H2,(H,18,20). The van der Waals surface area contributed by atoms with E-state index in [-0.39, 0.29) is 0 Å². The molecule has 22 heavy (non-hydrogen) atoms. The second-order valence-corrected chi connectivity index (χ2v) is 6.46. The lowest BCUT2D eigenvalue weighted by Gasteiger charge is -2.15. The van der Waals surface area contributed by atoms with E-state index in [9.17, 15) is 0 Å². The third-order valence-electron chi connectivity index (χ3n) is 4.02. The summed E-state index contributed by atoms with van der Waals surface area (Å²) in [7, 11) is 0. The molecular weight excluding hydrogens is 294 g/mol. The summed E-state index contributed by atoms with van der Waals surface area (Å²) in [4.78, 5) is 4.48. The lowest BCUT2D eigenvalue weighted by Crippen LogP contribution is -2.25. The molecular formula is C17H17N3OS. The summed E-state index contributed by atoms with van der Waals surface area (Å²) in [6.45, 7) is 0.548. The van der Waals surface area contributed by atoms with E-state index in [4.69, 9.17) is 4.42 Å². The molecule has 1 aromatic carbocycles. The van der Waals surface area contributed by atoms with Crippen LogP contribution in [0.25, 0.3) is 0 Å². The van der Waals surface area contributed by atoms with Crippen LogP contribution in [0.15, 0.2) is 51.1 Å². The van der Waals surface area contributed by atoms with E-state index < -0.39 is 0 Å². The minimum atomic E-state index is 0.548. The Bertz CT molecular complexity index is 734. The molecule has 0 atom stereocenters. The molecule has 0 amide bonds. The highest BCUT2D eigenvalue weighted by molar-refractivity contribution is 8.14. The van der Waals surface area contributed by atoms with Crippen LogP contribution < -0.4 is 5.43 Å². The SMILES string of the molecule is c1coc(CN=C2NN=C(c3ccc4c(c3)CCC4)CS2)c1. The maximum Gasteiger partial charge on any atom is 0.177 e. The molecule has 0 radical (unpaired) electrons. The molecule has 0 bridgehead atoms. The molecule has 4 nitrogen and oxygen atoms in total. The van der Waals surface area contributed by atoms with E-state index in [0.29, 0.717) is 6.54 Å². The molecule has 2 heterocycles. The van der Waals surface area contributed by atoms with Crippen LogP contribution in [-0.4, -0.2) is 16.6 Å². The first-order chi connectivity index (χ1) is 10.9. The van der Waals surface area contributed by atoms with Crippen LogP contribution in [0.2, 0.25) is 0 Å². The number of furan rings is 1. The van der Waals surface area contributed by atoms with Crippen LogP contribution >= 0.6 is 11.8 Å². The Morgan fingerprint density at radius 2 is 2.18 bits per heavy atom. The number of hydrogen-bond donors (Lipinski definition) is 1. The van der Waals surface area contributed by atoms with Gasteiger partial charge in [-0.1, -0.05) is 23.9 Å². The highest BCUT2D eigenvalue weighted by Crippen LogP contribution is 2.24. The zero-order valence-electron chi connectivity index (χ0n) is 12.2. The summed E-state index contributed by atoms with van der Waals surface area (Å²) in [6, 6.07) is 10.5. The largest absolute Gasteiger partial charge is 0.467 e. The van der Waals surface area contributed by atoms with E-state index in [1.165, 1.54) is 36.0 Å². The van der Waals surface area contributed by atoms with Crippen molar-refractivity contribution in [2.45, 2.75) is 25.8 Å². The minimum Gasteiger partial charge on any atom is -0.467 e. The molecule has 1 aromatic heterocycles. The van der Waals surface area contributed by atoms with Crippen LogP contribution in [0.1, 0.15) is 28.9 Å². The molecule has 0 fully saturated rings. The van der Waals surface area contributed by atoms with Gasteiger partial charge in [0.25, 0.3) is 0 Å². The fourth-order valence-electron chi connectivity index (χ4n) is 2.85. The van der Waals surface area contributed by atoms with Gasteiger partial charge in [-0.05, 0) is 54.2 Å². The van der Waals surface area contributed by atoms with Gasteiger partial charge in [0, 0.05) is 5.75 Å². The van der Waals surface area contributed by atoms with Crippen LogP contribution in [0.4, 0.5) is 0 Å². The second kappa shape index (κ2) is 6.01. The zero-order valence-corrected chi connectivity index (χ0v) is 13.0. The van der Waals surface area contributed by atoms with Crippen LogP contribution in [0, 0.1) is 0 Å². The van der Waals surface area contributed by atoms with Gasteiger partial charge in [0.15, 0.2) is 5.17 Å². The highest BCUT2D eigenvalue weighted by Gasteiger charge is 2.16. The van der Waals surface area contributed by atoms with Crippen molar-refractivity contribution in [2.24, 2.45) is 10.1 Å². The molecule has 0 unspecified atom stereocenters. The Labute approximate surface area is 133 Å². The number of aryl methyl sites for hydroxylation is 2. The molecule has 5 heteroatoms. The van der Waals surface area contributed by atoms with Gasteiger partial charge in [-0.2, -0.15) is 5.10 Å². The predicted octanol–water partition coefficient (Wildman–Crippen LogP) is 3.37. The van der Waals surface area contributed by atoms with E-state index in [0.717, 1.165) is 22.4 Å². The quantitative estimate of drug-likeness (QED) is 0.945. The van der Waals surface area contributed by atoms with Gasteiger partial charge in [-0.25, -0.2) is 0 Å². The van der Waals surface area contributed by atoms with Crippen LogP contribution in [0.5, 0.6) is 0 Å². The average Bonchev–Trinajstić information content (AvgIpc) is 3.24. The van der Waals surface area contributed by atoms with Crippen LogP contribution in [-0.2, 0) is 19.4 Å². The highest BCUT2D eigenvalue weighted by atomic mass is 32.2. The Balaban J connectivity index is 1.46. The molecule has 1 aliphatic heterocycles. The molecule has 2 aromatic rings. The summed E-state index contributed by atoms with van der Waals surface area (Å²) < 4.78 is 5.28. The smallest absolute Gasteiger partial charge is 0.177 e. The van der Waals surface area contributed by atoms with Crippen molar-refractivity contribution in [1.82, 2.24) is 5.43 Å². The van der Waals surface area contributed by atoms with Gasteiger partial charge < -0.3 is 4.42 Å². The number of benzene rings is 1. The summed E-state index contributed by atoms with van der Waals surface area (Å²) >= 11 is 1.69. The van der Waals surface area contributed by atoms with Crippen molar-refractivity contribution < 1.29 is 4.42 Å². The third-order valence-corrected chi connectivity index (χ3v) is 4.93. The van der Waals surface area contributed by atoms with Crippen molar-refractivity contribution >= 4 is 22.6 Å². The Morgan fingerprint density at radius 1 is 1.23 bits per heavy atom. The number of aliphatic imine (C=N–C) groups is 1. The molecule has 1 N–H and O–H groups in total. The molecule has 0 spiro atoms. The summed E-state index contributed by atoms with van der Waals surface area (Å²) in [5.41, 5.74) is 8.37. The number of nitrogens with one attached hydrogen (secondary N) is 1. The van der Waals surface area contributed by atoms with Gasteiger partial charge in [0.1, 0.15) is 5.76 Å². The predicted molar refractivity (Wildman–Crippen MR) is 90.4 cm³/mol. The fraction of sp³-hybridized carbons (Fsp3) is 0.294. The van der Waals surface area contributed by atoms with Crippen molar-refractivity contribution in [3.63, 3.8) is 0 Å². The molecule has 0 saturated heterocycles. The first-order valence-electron chi connectivity index (χ1n) is 7.53. The summed E-state index contributed by atoms with van der Waals surface area (Å²) in [6.07, 6.45) is 5.37. The topological polar surface area (TPSA) is 49.9 Å². The van der Waals surface area contributed by atoms with Crippen molar-refractivity contribution in [3.8, 4) is 0 Å². The van der Waals surface area contributed by atoms with Crippen LogP contribution in [0.3, 0.4) is 0 Å². The first-order valence-corrected chi connectivity index (χ1v) is 8.51. The average molecular weight is 311 g/mol. The van der Waals surface area contributed by atoms with E-state index >= 15 is 0 Å². The first kappa shape index (κ1) is 13.6. The maximum absolute atomic E-state index is 5.28. The fourth-order valence-corrected chi connectivity index (χ4v) is 3.62. The number of rotatable bonds is 3. The van der Waals surface area contributed by atoms with Crippen molar-refractivity contribution in [1.29, 1.82) is 0 Å². The van der Waals surface area contributed by atoms with Gasteiger partial charge in [-0.3, -0.25) is 10.4 Å². The molecule has 4 rings (SSSR count). The molecule has 1 aliphatic carbocycles. The Kier molecular flexibility index (Phi) is 3.72. The number of thioether (sulfide) groups is 1. The van der Waals surface area contributed by atoms with E-state index in [2.05, 4.69) is 33.7 Å². The number of hydrazone groups is 1. The summed E-state index contributed by atoms with van der Waals surface area (Å²) in [5.74, 6) is 1.71. The number of hydrogen-bond acceptors (Lipinski definition) is 4. The third kappa shape index (κ3) is 2.81. The summed E-state index contributed by atoms with van der Waals surface area (Å²) in [5, 5.41) is 5.34. The van der Waals surface area contributed by atoms with Crippen molar-refractivity contribution in [3.05, 3.63) is 59.0 Å². The lowest BCUT2D eigenvalue weighted by atomic mass is 10.0. The number of fused-ring (bicyclic) bond motifs is 1. The normalized spacial score (nSPS) is 18.9. The zero-order chi connectivity index (χ0) is 14.8. The van der Waals surface area contributed by atoms with Gasteiger partial charge in [0.05, 0.1) is 18.5 Å². The van der Waals surface area contributed by atoms with Crippen molar-refractivity contribution in [2.75, 3.05) is 5.75 Å². The maximum atomic E-state index is 5.28. The van der Waals surface area contributed by atoms with Gasteiger partial charge in [-0.15, -0.1) is 0 Å². The van der Waals surface area contributed by atoms with E-state index in [1.54, 1.807) is 18.0 Å². The minimum absolute atomic E-state index is 0.548. The van der Waals surface area contributed by atoms with Gasteiger partial charge >= 0.3 is 0 Å². The number of nitrogens with zero attached hydrogens (tertiary/aromatic N) is 2. The Hall–Kier alpha value is -2.01. The van der Waals surface area contributed by atoms with Gasteiger partial charge in [0.2, 0.25) is 0 Å². The lowest BCUT2D eigenvalue weighted by molar-refractivity contribution is 0.512. The second-order valence-electron chi connectivity index (χ2n) is 5.50.